The minimum atomic E-state index is -0.530. The minimum absolute atomic E-state index is 0.0439. The average molecular weight is 426 g/mol. The van der Waals surface area contributed by atoms with Gasteiger partial charge in [0.25, 0.3) is 0 Å². The van der Waals surface area contributed by atoms with Crippen molar-refractivity contribution in [1.82, 2.24) is 24.6 Å². The first-order chi connectivity index (χ1) is 14.8. The molecule has 8 heteroatoms. The zero-order valence-corrected chi connectivity index (χ0v) is 18.6. The average Bonchev–Trinajstić information content (AvgIpc) is 3.37. The lowest BCUT2D eigenvalue weighted by atomic mass is 10.1. The second-order valence-corrected chi connectivity index (χ2v) is 9.26. The zero-order valence-electron chi connectivity index (χ0n) is 18.6. The summed E-state index contributed by atoms with van der Waals surface area (Å²) in [5.74, 6) is 1.75. The van der Waals surface area contributed by atoms with E-state index in [2.05, 4.69) is 26.9 Å². The highest BCUT2D eigenvalue weighted by atomic mass is 16.6. The third-order valence-electron chi connectivity index (χ3n) is 5.78. The maximum Gasteiger partial charge on any atom is 0.410 e. The molecule has 2 aliphatic heterocycles. The lowest BCUT2D eigenvalue weighted by Crippen LogP contribution is -2.42. The van der Waals surface area contributed by atoms with E-state index in [9.17, 15) is 9.59 Å². The second kappa shape index (κ2) is 8.69. The number of aryl methyl sites for hydroxylation is 1. The molecular weight excluding hydrogens is 394 g/mol. The Bertz CT molecular complexity index is 934. The molecule has 0 spiro atoms. The van der Waals surface area contributed by atoms with Gasteiger partial charge < -0.3 is 14.2 Å². The number of nitrogens with zero attached hydrogens (tertiary/aromatic N) is 5. The van der Waals surface area contributed by atoms with Gasteiger partial charge in [-0.15, -0.1) is 10.2 Å². The van der Waals surface area contributed by atoms with Crippen LogP contribution in [0.4, 0.5) is 4.79 Å². The number of hydrogen-bond acceptors (Lipinski definition) is 5. The Morgan fingerprint density at radius 1 is 1.10 bits per heavy atom. The Kier molecular flexibility index (Phi) is 5.98. The third-order valence-corrected chi connectivity index (χ3v) is 5.78. The van der Waals surface area contributed by atoms with Gasteiger partial charge in [0.2, 0.25) is 5.91 Å². The SMILES string of the molecule is CC(C)(C)OC(=O)N1CCn2c(nnc2[C@H]2CCCN2C(=O)CCc2ccccc2)C1. The Morgan fingerprint density at radius 3 is 2.61 bits per heavy atom. The van der Waals surface area contributed by atoms with Crippen LogP contribution in [0, 0.1) is 0 Å². The van der Waals surface area contributed by atoms with Gasteiger partial charge in [0.05, 0.1) is 12.6 Å². The van der Waals surface area contributed by atoms with Crippen molar-refractivity contribution in [2.24, 2.45) is 0 Å². The zero-order chi connectivity index (χ0) is 22.0. The quantitative estimate of drug-likeness (QED) is 0.751. The maximum absolute atomic E-state index is 13.0. The van der Waals surface area contributed by atoms with E-state index in [0.29, 0.717) is 26.1 Å². The molecule has 1 aromatic heterocycles. The molecule has 1 aromatic carbocycles. The van der Waals surface area contributed by atoms with Crippen molar-refractivity contribution in [3.63, 3.8) is 0 Å². The normalized spacial score (nSPS) is 18.7. The van der Waals surface area contributed by atoms with Crippen molar-refractivity contribution in [2.45, 2.75) is 71.2 Å². The van der Waals surface area contributed by atoms with Crippen molar-refractivity contribution in [3.05, 3.63) is 47.5 Å². The molecule has 31 heavy (non-hydrogen) atoms. The fourth-order valence-corrected chi connectivity index (χ4v) is 4.28. The van der Waals surface area contributed by atoms with Crippen LogP contribution in [0.5, 0.6) is 0 Å². The molecule has 0 aliphatic carbocycles. The molecule has 0 unspecified atom stereocenters. The van der Waals surface area contributed by atoms with Crippen molar-refractivity contribution in [1.29, 1.82) is 0 Å². The van der Waals surface area contributed by atoms with Crippen LogP contribution in [0.15, 0.2) is 30.3 Å². The van der Waals surface area contributed by atoms with E-state index in [-0.39, 0.29) is 18.0 Å². The summed E-state index contributed by atoms with van der Waals surface area (Å²) in [6, 6.07) is 10.1. The van der Waals surface area contributed by atoms with Gasteiger partial charge in [-0.1, -0.05) is 30.3 Å². The highest BCUT2D eigenvalue weighted by Gasteiger charge is 2.36. The molecule has 1 atom stereocenters. The highest BCUT2D eigenvalue weighted by molar-refractivity contribution is 5.77. The van der Waals surface area contributed by atoms with Crippen LogP contribution in [-0.4, -0.2) is 55.3 Å². The van der Waals surface area contributed by atoms with Crippen LogP contribution in [-0.2, 0) is 29.0 Å². The van der Waals surface area contributed by atoms with Crippen molar-refractivity contribution in [3.8, 4) is 0 Å². The number of hydrogen-bond donors (Lipinski definition) is 0. The van der Waals surface area contributed by atoms with E-state index >= 15 is 0 Å². The number of likely N-dealkylation sites (tertiary alicyclic amines) is 1. The molecular formula is C23H31N5O3. The molecule has 2 amide bonds. The van der Waals surface area contributed by atoms with E-state index in [1.807, 2.05) is 43.9 Å². The van der Waals surface area contributed by atoms with Crippen molar-refractivity contribution in [2.75, 3.05) is 13.1 Å². The number of benzene rings is 1. The van der Waals surface area contributed by atoms with Crippen molar-refractivity contribution >= 4 is 12.0 Å². The molecule has 166 valence electrons. The van der Waals surface area contributed by atoms with Crippen LogP contribution in [0.2, 0.25) is 0 Å². The van der Waals surface area contributed by atoms with Crippen LogP contribution in [0.1, 0.15) is 63.3 Å². The van der Waals surface area contributed by atoms with Crippen molar-refractivity contribution < 1.29 is 14.3 Å². The number of carbonyl (C=O) groups excluding carboxylic acids is 2. The Labute approximate surface area is 183 Å². The van der Waals surface area contributed by atoms with Gasteiger partial charge in [0, 0.05) is 26.1 Å². The number of amides is 2. The Morgan fingerprint density at radius 2 is 1.87 bits per heavy atom. The second-order valence-electron chi connectivity index (χ2n) is 9.26. The molecule has 0 radical (unpaired) electrons. The van der Waals surface area contributed by atoms with Gasteiger partial charge in [0.1, 0.15) is 5.60 Å². The standard InChI is InChI=1S/C23H31N5O3/c1-23(2,3)31-22(30)26-14-15-28-19(16-26)24-25-21(28)18-10-7-13-27(18)20(29)12-11-17-8-5-4-6-9-17/h4-6,8-9,18H,7,10-16H2,1-3H3/t18-/m1/s1. The summed E-state index contributed by atoms with van der Waals surface area (Å²) in [5.41, 5.74) is 0.645. The summed E-state index contributed by atoms with van der Waals surface area (Å²) in [7, 11) is 0. The van der Waals surface area contributed by atoms with Crippen LogP contribution >= 0.6 is 0 Å². The number of carbonyl (C=O) groups is 2. The Balaban J connectivity index is 1.42. The monoisotopic (exact) mass is 425 g/mol. The number of rotatable bonds is 4. The summed E-state index contributed by atoms with van der Waals surface area (Å²) >= 11 is 0. The van der Waals surface area contributed by atoms with Crippen LogP contribution in [0.3, 0.4) is 0 Å². The summed E-state index contributed by atoms with van der Waals surface area (Å²) in [4.78, 5) is 29.0. The fraction of sp³-hybridized carbons (Fsp3) is 0.565. The topological polar surface area (TPSA) is 80.6 Å². The molecule has 1 fully saturated rings. The molecule has 3 heterocycles. The smallest absolute Gasteiger partial charge is 0.410 e. The van der Waals surface area contributed by atoms with Gasteiger partial charge in [0.15, 0.2) is 11.6 Å². The summed E-state index contributed by atoms with van der Waals surface area (Å²) in [5, 5.41) is 8.78. The molecule has 8 nitrogen and oxygen atoms in total. The minimum Gasteiger partial charge on any atom is -0.444 e. The van der Waals surface area contributed by atoms with Gasteiger partial charge in [-0.25, -0.2) is 4.79 Å². The fourth-order valence-electron chi connectivity index (χ4n) is 4.28. The summed E-state index contributed by atoms with van der Waals surface area (Å²) in [6.07, 6.45) is 2.76. The lowest BCUT2D eigenvalue weighted by Gasteiger charge is -2.31. The first-order valence-corrected chi connectivity index (χ1v) is 11.0. The number of fused-ring (bicyclic) bond motifs is 1. The van der Waals surface area contributed by atoms with Gasteiger partial charge in [-0.2, -0.15) is 0 Å². The van der Waals surface area contributed by atoms with E-state index in [1.54, 1.807) is 4.90 Å². The molecule has 0 saturated carbocycles. The molecule has 0 bridgehead atoms. The lowest BCUT2D eigenvalue weighted by molar-refractivity contribution is -0.132. The molecule has 4 rings (SSSR count). The molecule has 2 aliphatic rings. The largest absolute Gasteiger partial charge is 0.444 e. The highest BCUT2D eigenvalue weighted by Crippen LogP contribution is 2.33. The summed E-state index contributed by atoms with van der Waals surface area (Å²) in [6.45, 7) is 7.86. The summed E-state index contributed by atoms with van der Waals surface area (Å²) < 4.78 is 7.57. The maximum atomic E-state index is 13.0. The number of aromatic nitrogens is 3. The van der Waals surface area contributed by atoms with Crippen LogP contribution in [0.25, 0.3) is 0 Å². The van der Waals surface area contributed by atoms with Gasteiger partial charge in [-0.3, -0.25) is 9.69 Å². The first kappa shape index (κ1) is 21.3. The van der Waals surface area contributed by atoms with Gasteiger partial charge >= 0.3 is 6.09 Å². The predicted molar refractivity (Wildman–Crippen MR) is 115 cm³/mol. The van der Waals surface area contributed by atoms with E-state index < -0.39 is 5.60 Å². The number of ether oxygens (including phenoxy) is 1. The van der Waals surface area contributed by atoms with E-state index in [0.717, 1.165) is 37.5 Å². The first-order valence-electron chi connectivity index (χ1n) is 11.0. The van der Waals surface area contributed by atoms with E-state index in [4.69, 9.17) is 4.74 Å². The predicted octanol–water partition coefficient (Wildman–Crippen LogP) is 3.33. The third kappa shape index (κ3) is 4.89. The Hall–Kier alpha value is -2.90. The van der Waals surface area contributed by atoms with Gasteiger partial charge in [-0.05, 0) is 45.6 Å². The molecule has 2 aromatic rings. The molecule has 0 N–H and O–H groups in total. The van der Waals surface area contributed by atoms with E-state index in [1.165, 1.54) is 5.56 Å². The molecule has 1 saturated heterocycles. The van der Waals surface area contributed by atoms with Crippen LogP contribution < -0.4 is 0 Å².